The Balaban J connectivity index is 4.73. The van der Waals surface area contributed by atoms with Gasteiger partial charge in [0.15, 0.2) is 6.10 Å². The van der Waals surface area contributed by atoms with Gasteiger partial charge < -0.3 is 14.2 Å². The molecule has 378 valence electrons. The van der Waals surface area contributed by atoms with Gasteiger partial charge in [0.2, 0.25) is 0 Å². The number of carbonyl (C=O) groups excluding carboxylic acids is 3. The Morgan fingerprint density at radius 3 is 0.884 bits per heavy atom. The Hall–Kier alpha value is -5.75. The molecular weight excluding hydrogens is 853 g/mol. The summed E-state index contributed by atoms with van der Waals surface area (Å²) in [5.74, 6) is -1.31. The van der Waals surface area contributed by atoms with E-state index < -0.39 is 18.0 Å². The summed E-state index contributed by atoms with van der Waals surface area (Å²) in [5.41, 5.74) is 0. The van der Waals surface area contributed by atoms with Crippen LogP contribution in [0.4, 0.5) is 0 Å². The predicted octanol–water partition coefficient (Wildman–Crippen LogP) is 17.5. The van der Waals surface area contributed by atoms with E-state index in [-0.39, 0.29) is 38.4 Å². The van der Waals surface area contributed by atoms with E-state index in [0.29, 0.717) is 19.3 Å². The van der Waals surface area contributed by atoms with Crippen LogP contribution in [0.3, 0.4) is 0 Å². The first-order valence-electron chi connectivity index (χ1n) is 25.9. The van der Waals surface area contributed by atoms with Gasteiger partial charge in [-0.1, -0.05) is 215 Å². The number of carbonyl (C=O) groups is 3. The van der Waals surface area contributed by atoms with Gasteiger partial charge in [-0.2, -0.15) is 0 Å². The van der Waals surface area contributed by atoms with Crippen molar-refractivity contribution >= 4 is 17.9 Å². The van der Waals surface area contributed by atoms with E-state index in [1.165, 1.54) is 0 Å². The first kappa shape index (κ1) is 63.2. The molecule has 0 heterocycles. The highest BCUT2D eigenvalue weighted by molar-refractivity contribution is 5.72. The molecule has 0 aliphatic carbocycles. The van der Waals surface area contributed by atoms with Crippen LogP contribution in [0.15, 0.2) is 194 Å². The Bertz CT molecular complexity index is 1750. The molecule has 0 aromatic rings. The van der Waals surface area contributed by atoms with Crippen molar-refractivity contribution in [3.63, 3.8) is 0 Å². The topological polar surface area (TPSA) is 78.9 Å². The third-order valence-corrected chi connectivity index (χ3v) is 9.64. The largest absolute Gasteiger partial charge is 0.462 e. The summed E-state index contributed by atoms with van der Waals surface area (Å²) in [5, 5.41) is 0. The molecule has 0 amide bonds. The van der Waals surface area contributed by atoms with Crippen LogP contribution in [-0.4, -0.2) is 37.2 Å². The van der Waals surface area contributed by atoms with E-state index in [9.17, 15) is 14.4 Å². The first-order chi connectivity index (χ1) is 34.0. The van der Waals surface area contributed by atoms with Gasteiger partial charge in [-0.05, 0) is 122 Å². The summed E-state index contributed by atoms with van der Waals surface area (Å²) in [4.78, 5) is 37.9. The summed E-state index contributed by atoms with van der Waals surface area (Å²) >= 11 is 0. The molecule has 6 nitrogen and oxygen atoms in total. The van der Waals surface area contributed by atoms with Gasteiger partial charge in [0.1, 0.15) is 13.2 Å². The molecule has 6 heteroatoms. The lowest BCUT2D eigenvalue weighted by Crippen LogP contribution is -2.30. The minimum Gasteiger partial charge on any atom is -0.462 e. The minimum atomic E-state index is -0.902. The highest BCUT2D eigenvalue weighted by atomic mass is 16.6. The normalized spacial score (nSPS) is 13.7. The molecule has 0 N–H and O–H groups in total. The van der Waals surface area contributed by atoms with Gasteiger partial charge in [-0.3, -0.25) is 14.4 Å². The molecule has 0 saturated heterocycles. The quantitative estimate of drug-likeness (QED) is 0.0262. The van der Waals surface area contributed by atoms with Crippen molar-refractivity contribution in [2.45, 2.75) is 168 Å². The predicted molar refractivity (Wildman–Crippen MR) is 297 cm³/mol. The van der Waals surface area contributed by atoms with Gasteiger partial charge in [0.05, 0.1) is 12.8 Å². The third-order valence-electron chi connectivity index (χ3n) is 9.64. The fraction of sp³-hybridized carbons (Fsp3) is 0.444. The Morgan fingerprint density at radius 1 is 0.304 bits per heavy atom. The number of hydrogen-bond acceptors (Lipinski definition) is 6. The molecule has 0 aliphatic rings. The zero-order chi connectivity index (χ0) is 50.0. The van der Waals surface area contributed by atoms with E-state index in [4.69, 9.17) is 14.2 Å². The fourth-order valence-corrected chi connectivity index (χ4v) is 5.88. The van der Waals surface area contributed by atoms with Crippen molar-refractivity contribution in [2.75, 3.05) is 13.2 Å². The number of ether oxygens (including phenoxy) is 3. The second-order valence-corrected chi connectivity index (χ2v) is 16.0. The maximum absolute atomic E-state index is 12.7. The molecule has 1 unspecified atom stereocenters. The van der Waals surface area contributed by atoms with Gasteiger partial charge in [-0.15, -0.1) is 0 Å². The van der Waals surface area contributed by atoms with Crippen LogP contribution in [0, 0.1) is 0 Å². The molecule has 0 aromatic carbocycles. The van der Waals surface area contributed by atoms with E-state index in [1.807, 2.05) is 12.2 Å². The molecule has 0 bridgehead atoms. The lowest BCUT2D eigenvalue weighted by atomic mass is 10.2. The number of esters is 3. The van der Waals surface area contributed by atoms with Crippen LogP contribution in [0.2, 0.25) is 0 Å². The van der Waals surface area contributed by atoms with Crippen LogP contribution in [-0.2, 0) is 28.6 Å². The van der Waals surface area contributed by atoms with Gasteiger partial charge in [0.25, 0.3) is 0 Å². The van der Waals surface area contributed by atoms with Gasteiger partial charge in [0, 0.05) is 6.42 Å². The maximum Gasteiger partial charge on any atom is 0.310 e. The smallest absolute Gasteiger partial charge is 0.310 e. The highest BCUT2D eigenvalue weighted by Crippen LogP contribution is 2.07. The van der Waals surface area contributed by atoms with Crippen molar-refractivity contribution in [3.8, 4) is 0 Å². The molecule has 0 saturated carbocycles. The molecule has 0 radical (unpaired) electrons. The average Bonchev–Trinajstić information content (AvgIpc) is 3.35. The molecule has 0 rings (SSSR count). The van der Waals surface area contributed by atoms with E-state index >= 15 is 0 Å². The van der Waals surface area contributed by atoms with Gasteiger partial charge >= 0.3 is 17.9 Å². The Labute approximate surface area is 420 Å². The molecule has 0 aliphatic heterocycles. The first-order valence-corrected chi connectivity index (χ1v) is 25.9. The SMILES string of the molecule is CC/C=C\C/C=C\C/C=C\C/C=C\C/C=C\C/C=C\CCCCC(=O)OCC(COC(=O)C/C=C\C/C=C\C/C=C\C/C=C\C/C=C\CC)OC(=O)C/C=C\C/C=C\C/C=C\C/C=C\C/C=C\CC. The van der Waals surface area contributed by atoms with Crippen LogP contribution in [0.1, 0.15) is 162 Å². The number of hydrogen-bond donors (Lipinski definition) is 0. The summed E-state index contributed by atoms with van der Waals surface area (Å²) in [6.45, 7) is 6.04. The minimum absolute atomic E-state index is 0.0561. The van der Waals surface area contributed by atoms with E-state index in [0.717, 1.165) is 103 Å². The average molecular weight is 943 g/mol. The number of allylic oxidation sites excluding steroid dienone is 30. The molecule has 0 spiro atoms. The Kier molecular flexibility index (Phi) is 50.3. The number of unbranched alkanes of at least 4 members (excludes halogenated alkanes) is 2. The fourth-order valence-electron chi connectivity index (χ4n) is 5.88. The monoisotopic (exact) mass is 943 g/mol. The van der Waals surface area contributed by atoms with Crippen molar-refractivity contribution in [2.24, 2.45) is 0 Å². The molecular formula is C63H90O6. The molecule has 0 aromatic heterocycles. The van der Waals surface area contributed by atoms with Crippen LogP contribution in [0.25, 0.3) is 0 Å². The lowest BCUT2D eigenvalue weighted by Gasteiger charge is -2.17. The van der Waals surface area contributed by atoms with E-state index in [1.54, 1.807) is 12.2 Å². The summed E-state index contributed by atoms with van der Waals surface area (Å²) in [7, 11) is 0. The zero-order valence-electron chi connectivity index (χ0n) is 43.0. The Morgan fingerprint density at radius 2 is 0.565 bits per heavy atom. The lowest BCUT2D eigenvalue weighted by molar-refractivity contribution is -0.166. The summed E-state index contributed by atoms with van der Waals surface area (Å²) in [6.07, 6.45) is 84.7. The highest BCUT2D eigenvalue weighted by Gasteiger charge is 2.19. The second-order valence-electron chi connectivity index (χ2n) is 16.0. The van der Waals surface area contributed by atoms with Crippen molar-refractivity contribution in [3.05, 3.63) is 194 Å². The van der Waals surface area contributed by atoms with Gasteiger partial charge in [-0.25, -0.2) is 0 Å². The van der Waals surface area contributed by atoms with Crippen molar-refractivity contribution in [1.82, 2.24) is 0 Å². The summed E-state index contributed by atoms with van der Waals surface area (Å²) in [6, 6.07) is 0. The maximum atomic E-state index is 12.7. The van der Waals surface area contributed by atoms with E-state index in [2.05, 4.69) is 191 Å². The third kappa shape index (κ3) is 53.1. The summed E-state index contributed by atoms with van der Waals surface area (Å²) < 4.78 is 16.5. The zero-order valence-corrected chi connectivity index (χ0v) is 43.0. The second kappa shape index (κ2) is 54.9. The molecule has 1 atom stereocenters. The van der Waals surface area contributed by atoms with Crippen LogP contribution >= 0.6 is 0 Å². The van der Waals surface area contributed by atoms with Crippen LogP contribution in [0.5, 0.6) is 0 Å². The van der Waals surface area contributed by atoms with Crippen LogP contribution < -0.4 is 0 Å². The molecule has 69 heavy (non-hydrogen) atoms. The molecule has 0 fully saturated rings. The van der Waals surface area contributed by atoms with Crippen molar-refractivity contribution in [1.29, 1.82) is 0 Å². The standard InChI is InChI=1S/C63H90O6/c1-4-7-10-13-16-19-22-25-28-29-30-31-32-33-36-38-41-44-47-50-53-56-62(65)68-59-60(69-63(66)57-54-51-48-45-42-39-35-27-24-21-18-15-12-9-6-3)58-67-61(64)55-52-49-46-43-40-37-34-26-23-20-17-14-11-8-5-2/h7-12,16-21,25-28,30-31,33-36,40-45,49,51-52,54,60H,4-6,13-15,22-24,29,32,37-39,46-48,50,53,55-59H2,1-3H3/b10-7-,11-8-,12-9-,19-16-,20-17-,21-18-,28-25-,31-30-,34-26-,35-27-,36-33-,43-40-,44-41-,45-42-,52-49-,54-51-. The van der Waals surface area contributed by atoms with Crippen molar-refractivity contribution < 1.29 is 28.6 Å². The number of rotatable bonds is 43.